The molecule has 0 spiro atoms. The summed E-state index contributed by atoms with van der Waals surface area (Å²) in [6, 6.07) is 14.1. The van der Waals surface area contributed by atoms with E-state index in [0.717, 1.165) is 16.3 Å². The molecule has 2 aromatic carbocycles. The number of benzene rings is 2. The number of hydrogen-bond donors (Lipinski definition) is 1. The fraction of sp³-hybridized carbons (Fsp3) is 0.375. The summed E-state index contributed by atoms with van der Waals surface area (Å²) in [5, 5.41) is 3.35. The standard InChI is InChI=1S/C24H27ClN4O4/c1-3-24(17-4-6-18(25)7-5-17)22(31)29(23(32)26-24)16-21(30)28-14-12-27(13-15-28)19-8-10-20(33-2)11-9-19/h4-11H,3,12-16H2,1-2H3,(H,26,32). The second kappa shape index (κ2) is 9.31. The molecule has 0 saturated carbocycles. The molecular weight excluding hydrogens is 444 g/mol. The van der Waals surface area contributed by atoms with Gasteiger partial charge in [0.15, 0.2) is 0 Å². The number of nitrogens with zero attached hydrogens (tertiary/aromatic N) is 3. The molecule has 174 valence electrons. The summed E-state index contributed by atoms with van der Waals surface area (Å²) in [5.41, 5.74) is 0.526. The second-order valence-corrected chi connectivity index (χ2v) is 8.59. The molecule has 0 bridgehead atoms. The Bertz CT molecular complexity index is 1040. The molecule has 2 fully saturated rings. The summed E-state index contributed by atoms with van der Waals surface area (Å²) in [4.78, 5) is 43.8. The van der Waals surface area contributed by atoms with E-state index < -0.39 is 17.5 Å². The van der Waals surface area contributed by atoms with Gasteiger partial charge in [0.2, 0.25) is 5.91 Å². The minimum absolute atomic E-state index is 0.240. The third kappa shape index (κ3) is 4.35. The number of imide groups is 1. The number of nitrogens with one attached hydrogen (secondary N) is 1. The molecule has 9 heteroatoms. The highest BCUT2D eigenvalue weighted by Crippen LogP contribution is 2.33. The molecule has 0 aromatic heterocycles. The highest BCUT2D eigenvalue weighted by Gasteiger charge is 2.51. The first-order valence-electron chi connectivity index (χ1n) is 10.9. The van der Waals surface area contributed by atoms with Crippen LogP contribution in [0.2, 0.25) is 5.02 Å². The van der Waals surface area contributed by atoms with Crippen molar-refractivity contribution in [3.05, 3.63) is 59.1 Å². The van der Waals surface area contributed by atoms with Crippen molar-refractivity contribution in [2.45, 2.75) is 18.9 Å². The van der Waals surface area contributed by atoms with Gasteiger partial charge < -0.3 is 19.9 Å². The summed E-state index contributed by atoms with van der Waals surface area (Å²) in [7, 11) is 1.63. The van der Waals surface area contributed by atoms with E-state index in [0.29, 0.717) is 43.2 Å². The van der Waals surface area contributed by atoms with Gasteiger partial charge in [0.25, 0.3) is 5.91 Å². The Labute approximate surface area is 198 Å². The van der Waals surface area contributed by atoms with Crippen LogP contribution in [0.25, 0.3) is 0 Å². The molecule has 1 N–H and O–H groups in total. The number of methoxy groups -OCH3 is 1. The smallest absolute Gasteiger partial charge is 0.325 e. The number of amides is 4. The third-order valence-corrected chi connectivity index (χ3v) is 6.66. The maximum atomic E-state index is 13.3. The van der Waals surface area contributed by atoms with Crippen molar-refractivity contribution in [3.63, 3.8) is 0 Å². The summed E-state index contributed by atoms with van der Waals surface area (Å²) >= 11 is 5.98. The fourth-order valence-electron chi connectivity index (χ4n) is 4.39. The molecule has 2 heterocycles. The fourth-order valence-corrected chi connectivity index (χ4v) is 4.51. The van der Waals surface area contributed by atoms with Crippen LogP contribution in [0.1, 0.15) is 18.9 Å². The van der Waals surface area contributed by atoms with Crippen molar-refractivity contribution in [1.29, 1.82) is 0 Å². The average Bonchev–Trinajstić information content (AvgIpc) is 3.09. The van der Waals surface area contributed by atoms with Gasteiger partial charge in [0, 0.05) is 36.9 Å². The Morgan fingerprint density at radius 3 is 2.24 bits per heavy atom. The lowest BCUT2D eigenvalue weighted by atomic mass is 9.87. The quantitative estimate of drug-likeness (QED) is 0.656. The first-order valence-corrected chi connectivity index (χ1v) is 11.3. The molecule has 4 amide bonds. The molecule has 2 aromatic rings. The van der Waals surface area contributed by atoms with Crippen LogP contribution in [-0.4, -0.2) is 67.5 Å². The molecule has 2 aliphatic rings. The van der Waals surface area contributed by atoms with Crippen LogP contribution in [0.3, 0.4) is 0 Å². The number of hydrogen-bond acceptors (Lipinski definition) is 5. The normalized spacial score (nSPS) is 20.8. The molecule has 2 aliphatic heterocycles. The molecule has 8 nitrogen and oxygen atoms in total. The van der Waals surface area contributed by atoms with Crippen LogP contribution in [0.5, 0.6) is 5.75 Å². The molecule has 0 aliphatic carbocycles. The number of rotatable bonds is 6. The van der Waals surface area contributed by atoms with Gasteiger partial charge >= 0.3 is 6.03 Å². The zero-order valence-electron chi connectivity index (χ0n) is 18.7. The first-order chi connectivity index (χ1) is 15.9. The van der Waals surface area contributed by atoms with Gasteiger partial charge in [-0.15, -0.1) is 0 Å². The van der Waals surface area contributed by atoms with Crippen molar-refractivity contribution < 1.29 is 19.1 Å². The zero-order chi connectivity index (χ0) is 23.6. The monoisotopic (exact) mass is 470 g/mol. The number of ether oxygens (including phenoxy) is 1. The van der Waals surface area contributed by atoms with Gasteiger partial charge in [-0.05, 0) is 48.4 Å². The zero-order valence-corrected chi connectivity index (χ0v) is 19.5. The number of carbonyl (C=O) groups excluding carboxylic acids is 3. The van der Waals surface area contributed by atoms with Crippen molar-refractivity contribution in [3.8, 4) is 5.75 Å². The highest BCUT2D eigenvalue weighted by atomic mass is 35.5. The van der Waals surface area contributed by atoms with Crippen LogP contribution < -0.4 is 15.0 Å². The highest BCUT2D eigenvalue weighted by molar-refractivity contribution is 6.30. The van der Waals surface area contributed by atoms with Crippen molar-refractivity contribution in [2.75, 3.05) is 44.7 Å². The Kier molecular flexibility index (Phi) is 6.47. The van der Waals surface area contributed by atoms with E-state index >= 15 is 0 Å². The molecule has 33 heavy (non-hydrogen) atoms. The van der Waals surface area contributed by atoms with E-state index in [-0.39, 0.29) is 12.5 Å². The maximum Gasteiger partial charge on any atom is 0.325 e. The molecule has 0 radical (unpaired) electrons. The largest absolute Gasteiger partial charge is 0.497 e. The van der Waals surface area contributed by atoms with Gasteiger partial charge in [-0.2, -0.15) is 0 Å². The van der Waals surface area contributed by atoms with Crippen LogP contribution in [0.15, 0.2) is 48.5 Å². The molecular formula is C24H27ClN4O4. The first kappa shape index (κ1) is 22.9. The van der Waals surface area contributed by atoms with Crippen molar-refractivity contribution >= 4 is 35.1 Å². The lowest BCUT2D eigenvalue weighted by Gasteiger charge is -2.36. The van der Waals surface area contributed by atoms with Crippen LogP contribution >= 0.6 is 11.6 Å². The van der Waals surface area contributed by atoms with Crippen LogP contribution in [-0.2, 0) is 15.1 Å². The lowest BCUT2D eigenvalue weighted by Crippen LogP contribution is -2.52. The van der Waals surface area contributed by atoms with Gasteiger partial charge in [-0.1, -0.05) is 30.7 Å². The van der Waals surface area contributed by atoms with Gasteiger partial charge in [0.1, 0.15) is 17.8 Å². The molecule has 1 unspecified atom stereocenters. The maximum absolute atomic E-state index is 13.3. The van der Waals surface area contributed by atoms with E-state index in [4.69, 9.17) is 16.3 Å². The number of piperazine rings is 1. The van der Waals surface area contributed by atoms with Crippen LogP contribution in [0, 0.1) is 0 Å². The number of urea groups is 1. The lowest BCUT2D eigenvalue weighted by molar-refractivity contribution is -0.139. The predicted octanol–water partition coefficient (Wildman–Crippen LogP) is 2.85. The van der Waals surface area contributed by atoms with E-state index in [2.05, 4.69) is 10.2 Å². The van der Waals surface area contributed by atoms with Gasteiger partial charge in [-0.3, -0.25) is 14.5 Å². The van der Waals surface area contributed by atoms with Gasteiger partial charge in [-0.25, -0.2) is 4.79 Å². The SMILES string of the molecule is CCC1(c2ccc(Cl)cc2)NC(=O)N(CC(=O)N2CCN(c3ccc(OC)cc3)CC2)C1=O. The topological polar surface area (TPSA) is 82.2 Å². The predicted molar refractivity (Wildman–Crippen MR) is 125 cm³/mol. The average molecular weight is 471 g/mol. The van der Waals surface area contributed by atoms with Crippen LogP contribution in [0.4, 0.5) is 10.5 Å². The Hall–Kier alpha value is -3.26. The minimum atomic E-state index is -1.19. The Balaban J connectivity index is 1.39. The third-order valence-electron chi connectivity index (χ3n) is 6.41. The van der Waals surface area contributed by atoms with E-state index in [9.17, 15) is 14.4 Å². The molecule has 4 rings (SSSR count). The Morgan fingerprint density at radius 1 is 1.03 bits per heavy atom. The Morgan fingerprint density at radius 2 is 1.67 bits per heavy atom. The number of halogens is 1. The second-order valence-electron chi connectivity index (χ2n) is 8.15. The van der Waals surface area contributed by atoms with E-state index in [1.807, 2.05) is 31.2 Å². The minimum Gasteiger partial charge on any atom is -0.497 e. The van der Waals surface area contributed by atoms with Crippen molar-refractivity contribution in [2.24, 2.45) is 0 Å². The van der Waals surface area contributed by atoms with E-state index in [1.165, 1.54) is 0 Å². The number of carbonyl (C=O) groups is 3. The van der Waals surface area contributed by atoms with Crippen molar-refractivity contribution in [1.82, 2.24) is 15.1 Å². The van der Waals surface area contributed by atoms with Gasteiger partial charge in [0.05, 0.1) is 7.11 Å². The molecule has 2 saturated heterocycles. The summed E-state index contributed by atoms with van der Waals surface area (Å²) in [5.74, 6) is 0.140. The van der Waals surface area contributed by atoms with E-state index in [1.54, 1.807) is 36.3 Å². The number of anilines is 1. The summed E-state index contributed by atoms with van der Waals surface area (Å²) in [6.45, 7) is 3.93. The molecule has 1 atom stereocenters. The summed E-state index contributed by atoms with van der Waals surface area (Å²) < 4.78 is 5.20. The summed E-state index contributed by atoms with van der Waals surface area (Å²) in [6.07, 6.45) is 0.366.